The summed E-state index contributed by atoms with van der Waals surface area (Å²) < 4.78 is 75.7. The Kier molecular flexibility index (Phi) is 4.28. The van der Waals surface area contributed by atoms with E-state index in [0.29, 0.717) is 17.3 Å². The highest BCUT2D eigenvalue weighted by Gasteiger charge is 2.51. The molecule has 5 nitrogen and oxygen atoms in total. The highest BCUT2D eigenvalue weighted by atomic mass is 19.4. The molecule has 1 aromatic rings. The first-order chi connectivity index (χ1) is 10.4. The summed E-state index contributed by atoms with van der Waals surface area (Å²) in [4.78, 5) is 3.35. The van der Waals surface area contributed by atoms with E-state index in [-0.39, 0.29) is 11.4 Å². The van der Waals surface area contributed by atoms with Gasteiger partial charge < -0.3 is 10.2 Å². The molecule has 128 valence electrons. The van der Waals surface area contributed by atoms with Crippen molar-refractivity contribution in [1.29, 1.82) is 0 Å². The molecule has 2 heterocycles. The van der Waals surface area contributed by atoms with Gasteiger partial charge >= 0.3 is 12.4 Å². The highest BCUT2D eigenvalue weighted by Crippen LogP contribution is 2.36. The van der Waals surface area contributed by atoms with E-state index in [1.54, 1.807) is 0 Å². The summed E-state index contributed by atoms with van der Waals surface area (Å²) in [6, 6.07) is 0.593. The lowest BCUT2D eigenvalue weighted by molar-refractivity contribution is -0.219. The fourth-order valence-electron chi connectivity index (χ4n) is 2.18. The largest absolute Gasteiger partial charge is 0.417 e. The molecule has 0 aliphatic carbocycles. The molecule has 0 fully saturated rings. The quantitative estimate of drug-likeness (QED) is 0.808. The van der Waals surface area contributed by atoms with E-state index in [2.05, 4.69) is 10.1 Å². The van der Waals surface area contributed by atoms with Crippen LogP contribution in [0.3, 0.4) is 0 Å². The number of aliphatic hydroxyl groups is 2. The molecular weight excluding hydrogens is 332 g/mol. The van der Waals surface area contributed by atoms with Crippen molar-refractivity contribution in [2.24, 2.45) is 11.0 Å². The van der Waals surface area contributed by atoms with Crippen LogP contribution < -0.4 is 5.01 Å². The molecule has 11 heteroatoms. The Hall–Kier alpha value is -1.88. The van der Waals surface area contributed by atoms with E-state index >= 15 is 0 Å². The maximum atomic E-state index is 12.6. The van der Waals surface area contributed by atoms with Crippen LogP contribution >= 0.6 is 0 Å². The van der Waals surface area contributed by atoms with Crippen molar-refractivity contribution in [2.45, 2.75) is 31.6 Å². The van der Waals surface area contributed by atoms with E-state index in [9.17, 15) is 36.6 Å². The minimum atomic E-state index is -5.01. The van der Waals surface area contributed by atoms with E-state index < -0.39 is 36.2 Å². The number of halogens is 6. The zero-order valence-corrected chi connectivity index (χ0v) is 11.5. The summed E-state index contributed by atoms with van der Waals surface area (Å²) in [5.74, 6) is -1.82. The van der Waals surface area contributed by atoms with E-state index in [1.807, 2.05) is 0 Å². The van der Waals surface area contributed by atoms with Crippen LogP contribution in [0, 0.1) is 5.92 Å². The Morgan fingerprint density at radius 1 is 1.17 bits per heavy atom. The van der Waals surface area contributed by atoms with Crippen LogP contribution in [-0.4, -0.2) is 39.4 Å². The van der Waals surface area contributed by atoms with Crippen LogP contribution in [0.5, 0.6) is 0 Å². The number of hydrazone groups is 1. The van der Waals surface area contributed by atoms with Gasteiger partial charge in [0, 0.05) is 11.9 Å². The Labute approximate surface area is 125 Å². The molecule has 2 N–H and O–H groups in total. The second kappa shape index (κ2) is 5.64. The van der Waals surface area contributed by atoms with E-state index in [0.717, 1.165) is 13.1 Å². The Morgan fingerprint density at radius 3 is 2.30 bits per heavy atom. The number of anilines is 1. The molecule has 0 aromatic carbocycles. The highest BCUT2D eigenvalue weighted by molar-refractivity contribution is 5.89. The molecule has 3 unspecified atom stereocenters. The smallest absolute Gasteiger partial charge is 0.383 e. The lowest BCUT2D eigenvalue weighted by atomic mass is 9.96. The number of hydrogen-bond donors (Lipinski definition) is 2. The molecule has 23 heavy (non-hydrogen) atoms. The van der Waals surface area contributed by atoms with Gasteiger partial charge in [-0.3, -0.25) is 4.98 Å². The number of aliphatic hydroxyl groups excluding tert-OH is 2. The summed E-state index contributed by atoms with van der Waals surface area (Å²) in [7, 11) is 0. The van der Waals surface area contributed by atoms with Gasteiger partial charge in [0.2, 0.25) is 0 Å². The van der Waals surface area contributed by atoms with Crippen LogP contribution in [0.2, 0.25) is 0 Å². The first-order valence-electron chi connectivity index (χ1n) is 6.22. The minimum Gasteiger partial charge on any atom is -0.383 e. The van der Waals surface area contributed by atoms with Crippen LogP contribution in [0.15, 0.2) is 23.6 Å². The lowest BCUT2D eigenvalue weighted by Crippen LogP contribution is -2.46. The maximum absolute atomic E-state index is 12.6. The Morgan fingerprint density at radius 2 is 1.78 bits per heavy atom. The summed E-state index contributed by atoms with van der Waals surface area (Å²) in [5.41, 5.74) is -1.75. The predicted molar refractivity (Wildman–Crippen MR) is 66.4 cm³/mol. The molecule has 0 saturated carbocycles. The molecule has 1 aliphatic rings. The molecular formula is C12H11F6N3O2. The van der Waals surface area contributed by atoms with Gasteiger partial charge in [0.05, 0.1) is 23.4 Å². The molecule has 2 rings (SSSR count). The Bertz CT molecular complexity index is 616. The second-order valence-electron chi connectivity index (χ2n) is 4.94. The van der Waals surface area contributed by atoms with Gasteiger partial charge in [-0.1, -0.05) is 0 Å². The summed E-state index contributed by atoms with van der Waals surface area (Å²) in [5, 5.41) is 23.4. The zero-order valence-electron chi connectivity index (χ0n) is 11.5. The SMILES string of the molecule is CC1=NN(c2cncc(C(F)(F)F)c2)C(O)C1C(O)C(F)(F)F. The van der Waals surface area contributed by atoms with Crippen LogP contribution in [0.25, 0.3) is 0 Å². The van der Waals surface area contributed by atoms with Gasteiger partial charge in [-0.15, -0.1) is 0 Å². The fourth-order valence-corrected chi connectivity index (χ4v) is 2.18. The molecule has 0 bridgehead atoms. The molecule has 1 aromatic heterocycles. The van der Waals surface area contributed by atoms with Crippen molar-refractivity contribution in [3.05, 3.63) is 24.0 Å². The third kappa shape index (κ3) is 3.39. The molecule has 3 atom stereocenters. The number of aromatic nitrogens is 1. The van der Waals surface area contributed by atoms with Crippen molar-refractivity contribution in [1.82, 2.24) is 4.98 Å². The zero-order chi connectivity index (χ0) is 17.6. The number of nitrogens with zero attached hydrogens (tertiary/aromatic N) is 3. The standard InChI is InChI=1S/C12H11F6N3O2/c1-5-8(9(22)12(16,17)18)10(23)21(20-5)7-2-6(3-19-4-7)11(13,14)15/h2-4,8-10,22-23H,1H3. The maximum Gasteiger partial charge on any atom is 0.417 e. The summed E-state index contributed by atoms with van der Waals surface area (Å²) in [6.45, 7) is 1.13. The van der Waals surface area contributed by atoms with Gasteiger partial charge in [-0.2, -0.15) is 31.4 Å². The van der Waals surface area contributed by atoms with Gasteiger partial charge in [0.25, 0.3) is 0 Å². The number of rotatable bonds is 2. The normalized spacial score (nSPS) is 23.9. The third-order valence-electron chi connectivity index (χ3n) is 3.31. The van der Waals surface area contributed by atoms with E-state index in [4.69, 9.17) is 0 Å². The van der Waals surface area contributed by atoms with Gasteiger partial charge in [0.1, 0.15) is 0 Å². The van der Waals surface area contributed by atoms with Crippen LogP contribution in [0.1, 0.15) is 12.5 Å². The first kappa shape index (κ1) is 17.5. The van der Waals surface area contributed by atoms with Crippen molar-refractivity contribution >= 4 is 11.4 Å². The summed E-state index contributed by atoms with van der Waals surface area (Å²) in [6.07, 6.45) is -13.1. The minimum absolute atomic E-state index is 0.264. The average molecular weight is 343 g/mol. The number of hydrogen-bond acceptors (Lipinski definition) is 5. The number of pyridine rings is 1. The lowest BCUT2D eigenvalue weighted by Gasteiger charge is -2.27. The third-order valence-corrected chi connectivity index (χ3v) is 3.31. The Balaban J connectivity index is 2.33. The van der Waals surface area contributed by atoms with Crippen molar-refractivity contribution in [3.63, 3.8) is 0 Å². The molecule has 0 amide bonds. The molecule has 0 spiro atoms. The van der Waals surface area contributed by atoms with Crippen molar-refractivity contribution < 1.29 is 36.6 Å². The fraction of sp³-hybridized carbons (Fsp3) is 0.500. The van der Waals surface area contributed by atoms with Gasteiger partial charge in [0.15, 0.2) is 12.3 Å². The van der Waals surface area contributed by atoms with Gasteiger partial charge in [-0.05, 0) is 13.0 Å². The average Bonchev–Trinajstić information content (AvgIpc) is 2.71. The summed E-state index contributed by atoms with van der Waals surface area (Å²) >= 11 is 0. The van der Waals surface area contributed by atoms with Crippen LogP contribution in [-0.2, 0) is 6.18 Å². The van der Waals surface area contributed by atoms with Gasteiger partial charge in [-0.25, -0.2) is 5.01 Å². The monoisotopic (exact) mass is 343 g/mol. The first-order valence-corrected chi connectivity index (χ1v) is 6.22. The number of alkyl halides is 6. The second-order valence-corrected chi connectivity index (χ2v) is 4.94. The predicted octanol–water partition coefficient (Wildman–Crippen LogP) is 2.15. The van der Waals surface area contributed by atoms with Crippen molar-refractivity contribution in [2.75, 3.05) is 5.01 Å². The molecule has 1 aliphatic heterocycles. The van der Waals surface area contributed by atoms with E-state index in [1.165, 1.54) is 0 Å². The van der Waals surface area contributed by atoms with Crippen LogP contribution in [0.4, 0.5) is 32.0 Å². The molecule has 0 radical (unpaired) electrons. The molecule has 0 saturated heterocycles. The van der Waals surface area contributed by atoms with Crippen molar-refractivity contribution in [3.8, 4) is 0 Å². The topological polar surface area (TPSA) is 69.0 Å².